The lowest BCUT2D eigenvalue weighted by Gasteiger charge is -2.33. The summed E-state index contributed by atoms with van der Waals surface area (Å²) in [7, 11) is 1.71. The minimum absolute atomic E-state index is 0.617. The number of anilines is 1. The molecule has 0 N–H and O–H groups in total. The van der Waals surface area contributed by atoms with Crippen LogP contribution in [0.2, 0.25) is 5.02 Å². The van der Waals surface area contributed by atoms with E-state index in [9.17, 15) is 0 Å². The van der Waals surface area contributed by atoms with Gasteiger partial charge in [0.25, 0.3) is 0 Å². The molecule has 0 spiro atoms. The Bertz CT molecular complexity index is 1420. The molecule has 1 saturated heterocycles. The van der Waals surface area contributed by atoms with Crippen LogP contribution in [0, 0.1) is 26.7 Å². The van der Waals surface area contributed by atoms with Gasteiger partial charge < -0.3 is 18.9 Å². The molecular formula is C31H37ClN4O2. The van der Waals surface area contributed by atoms with E-state index in [1.807, 2.05) is 38.1 Å². The summed E-state index contributed by atoms with van der Waals surface area (Å²) in [5.74, 6) is 3.30. The third-order valence-electron chi connectivity index (χ3n) is 7.90. The third-order valence-corrected chi connectivity index (χ3v) is 8.15. The molecule has 0 unspecified atom stereocenters. The number of aromatic nitrogens is 3. The number of ether oxygens (including phenoxy) is 2. The van der Waals surface area contributed by atoms with Gasteiger partial charge in [0.05, 0.1) is 25.1 Å². The first-order valence-corrected chi connectivity index (χ1v) is 13.9. The molecule has 7 heteroatoms. The maximum Gasteiger partial charge on any atom is 0.161 e. The predicted molar refractivity (Wildman–Crippen MR) is 156 cm³/mol. The van der Waals surface area contributed by atoms with Crippen LogP contribution in [0.25, 0.3) is 16.5 Å². The van der Waals surface area contributed by atoms with Gasteiger partial charge in [-0.25, -0.2) is 0 Å². The number of hydrogen-bond donors (Lipinski definition) is 0. The van der Waals surface area contributed by atoms with Crippen LogP contribution in [0.15, 0.2) is 42.5 Å². The average molecular weight is 533 g/mol. The van der Waals surface area contributed by atoms with Crippen molar-refractivity contribution >= 4 is 28.2 Å². The van der Waals surface area contributed by atoms with E-state index in [1.54, 1.807) is 7.11 Å². The second-order valence-electron chi connectivity index (χ2n) is 10.2. The van der Waals surface area contributed by atoms with Gasteiger partial charge in [-0.1, -0.05) is 23.7 Å². The van der Waals surface area contributed by atoms with E-state index in [4.69, 9.17) is 26.2 Å². The van der Waals surface area contributed by atoms with Crippen molar-refractivity contribution in [2.45, 2.75) is 53.4 Å². The SMILES string of the molecule is CCOc1ccc(-n2c(C)c3c(C)nnc(N4CCC(CCc5ccc(Cl)cc5)CC4)c3c2C)c(OC)c1. The zero-order chi connectivity index (χ0) is 26.8. The Morgan fingerprint density at radius 3 is 2.34 bits per heavy atom. The molecule has 0 saturated carbocycles. The normalized spacial score (nSPS) is 14.3. The monoisotopic (exact) mass is 532 g/mol. The summed E-state index contributed by atoms with van der Waals surface area (Å²) >= 11 is 6.05. The van der Waals surface area contributed by atoms with E-state index >= 15 is 0 Å². The Morgan fingerprint density at radius 1 is 0.947 bits per heavy atom. The minimum Gasteiger partial charge on any atom is -0.494 e. The largest absolute Gasteiger partial charge is 0.494 e. The lowest BCUT2D eigenvalue weighted by atomic mass is 9.90. The highest BCUT2D eigenvalue weighted by atomic mass is 35.5. The highest BCUT2D eigenvalue weighted by molar-refractivity contribution is 6.30. The molecule has 6 nitrogen and oxygen atoms in total. The van der Waals surface area contributed by atoms with Gasteiger partial charge in [0.15, 0.2) is 5.82 Å². The zero-order valence-corrected chi connectivity index (χ0v) is 23.8. The standard InChI is InChI=1S/C31H37ClN4O2/c1-6-38-26-13-14-27(28(19-26)37-5)36-21(3)29-20(2)33-34-31(30(29)22(36)4)35-17-15-24(16-18-35)8-7-23-9-11-25(32)12-10-23/h9-14,19,24H,6-8,15-18H2,1-5H3. The number of hydrogen-bond acceptors (Lipinski definition) is 5. The Kier molecular flexibility index (Phi) is 7.80. The summed E-state index contributed by atoms with van der Waals surface area (Å²) in [6, 6.07) is 14.3. The molecule has 0 bridgehead atoms. The van der Waals surface area contributed by atoms with Crippen LogP contribution in [0.3, 0.4) is 0 Å². The van der Waals surface area contributed by atoms with Crippen LogP contribution in [-0.2, 0) is 6.42 Å². The van der Waals surface area contributed by atoms with Gasteiger partial charge >= 0.3 is 0 Å². The fourth-order valence-electron chi connectivity index (χ4n) is 5.91. The van der Waals surface area contributed by atoms with Crippen molar-refractivity contribution in [3.8, 4) is 17.2 Å². The number of fused-ring (bicyclic) bond motifs is 1. The van der Waals surface area contributed by atoms with Crippen molar-refractivity contribution in [2.75, 3.05) is 31.7 Å². The van der Waals surface area contributed by atoms with Gasteiger partial charge in [-0.3, -0.25) is 0 Å². The molecule has 0 amide bonds. The van der Waals surface area contributed by atoms with Crippen LogP contribution in [-0.4, -0.2) is 41.6 Å². The van der Waals surface area contributed by atoms with Crippen molar-refractivity contribution in [3.05, 3.63) is 70.1 Å². The maximum atomic E-state index is 6.05. The quantitative estimate of drug-likeness (QED) is 0.239. The average Bonchev–Trinajstić information content (AvgIpc) is 3.19. The van der Waals surface area contributed by atoms with Gasteiger partial charge in [0, 0.05) is 46.3 Å². The summed E-state index contributed by atoms with van der Waals surface area (Å²) in [5, 5.41) is 12.5. The van der Waals surface area contributed by atoms with E-state index in [1.165, 1.54) is 22.8 Å². The number of methoxy groups -OCH3 is 1. The number of nitrogens with zero attached hydrogens (tertiary/aromatic N) is 4. The fraction of sp³-hybridized carbons (Fsp3) is 0.419. The van der Waals surface area contributed by atoms with Gasteiger partial charge in [-0.2, -0.15) is 5.10 Å². The molecule has 0 atom stereocenters. The maximum absolute atomic E-state index is 6.05. The molecule has 38 heavy (non-hydrogen) atoms. The first kappa shape index (κ1) is 26.4. The van der Waals surface area contributed by atoms with Crippen LogP contribution in [0.5, 0.6) is 11.5 Å². The summed E-state index contributed by atoms with van der Waals surface area (Å²) in [5.41, 5.74) is 5.60. The van der Waals surface area contributed by atoms with E-state index in [-0.39, 0.29) is 0 Å². The highest BCUT2D eigenvalue weighted by Gasteiger charge is 2.26. The fourth-order valence-corrected chi connectivity index (χ4v) is 6.04. The highest BCUT2D eigenvalue weighted by Crippen LogP contribution is 2.39. The molecule has 200 valence electrons. The van der Waals surface area contributed by atoms with Crippen LogP contribution in [0.1, 0.15) is 48.8 Å². The summed E-state index contributed by atoms with van der Waals surface area (Å²) < 4.78 is 13.8. The smallest absolute Gasteiger partial charge is 0.161 e. The van der Waals surface area contributed by atoms with Crippen molar-refractivity contribution in [3.63, 3.8) is 0 Å². The minimum atomic E-state index is 0.617. The molecule has 2 aromatic heterocycles. The van der Waals surface area contributed by atoms with Crippen LogP contribution < -0.4 is 14.4 Å². The molecule has 1 aliphatic heterocycles. The van der Waals surface area contributed by atoms with Gasteiger partial charge in [-0.15, -0.1) is 5.10 Å². The molecule has 2 aromatic carbocycles. The Labute approximate surface area is 230 Å². The van der Waals surface area contributed by atoms with Crippen molar-refractivity contribution < 1.29 is 9.47 Å². The number of rotatable bonds is 8. The predicted octanol–water partition coefficient (Wildman–Crippen LogP) is 7.26. The summed E-state index contributed by atoms with van der Waals surface area (Å²) in [6.45, 7) is 11.0. The van der Waals surface area contributed by atoms with Crippen LogP contribution >= 0.6 is 11.6 Å². The first-order chi connectivity index (χ1) is 18.4. The Hall–Kier alpha value is -3.25. The molecule has 1 aliphatic rings. The topological polar surface area (TPSA) is 52.4 Å². The van der Waals surface area contributed by atoms with Gasteiger partial charge in [-0.05, 0) is 89.1 Å². The second-order valence-corrected chi connectivity index (χ2v) is 10.7. The number of benzene rings is 2. The van der Waals surface area contributed by atoms with Crippen LogP contribution in [0.4, 0.5) is 5.82 Å². The van der Waals surface area contributed by atoms with E-state index in [0.717, 1.165) is 83.4 Å². The summed E-state index contributed by atoms with van der Waals surface area (Å²) in [4.78, 5) is 2.43. The number of halogens is 1. The third kappa shape index (κ3) is 5.06. The van der Waals surface area contributed by atoms with E-state index in [0.29, 0.717) is 6.61 Å². The molecule has 1 fully saturated rings. The lowest BCUT2D eigenvalue weighted by Crippen LogP contribution is -2.34. The number of piperidine rings is 1. The Morgan fingerprint density at radius 2 is 1.66 bits per heavy atom. The van der Waals surface area contributed by atoms with Gasteiger partial charge in [0.2, 0.25) is 0 Å². The molecule has 0 aliphatic carbocycles. The van der Waals surface area contributed by atoms with Crippen molar-refractivity contribution in [1.29, 1.82) is 0 Å². The zero-order valence-electron chi connectivity index (χ0n) is 23.1. The van der Waals surface area contributed by atoms with E-state index < -0.39 is 0 Å². The molecular weight excluding hydrogens is 496 g/mol. The molecule has 3 heterocycles. The molecule has 5 rings (SSSR count). The Balaban J connectivity index is 1.42. The van der Waals surface area contributed by atoms with Crippen molar-refractivity contribution in [1.82, 2.24) is 14.8 Å². The molecule has 0 radical (unpaired) electrons. The van der Waals surface area contributed by atoms with E-state index in [2.05, 4.69) is 46.6 Å². The van der Waals surface area contributed by atoms with Crippen molar-refractivity contribution in [2.24, 2.45) is 5.92 Å². The van der Waals surface area contributed by atoms with Gasteiger partial charge in [0.1, 0.15) is 11.5 Å². The second kappa shape index (κ2) is 11.2. The lowest BCUT2D eigenvalue weighted by molar-refractivity contribution is 0.336. The number of aryl methyl sites for hydroxylation is 4. The first-order valence-electron chi connectivity index (χ1n) is 13.6. The summed E-state index contributed by atoms with van der Waals surface area (Å²) in [6.07, 6.45) is 4.63. The molecule has 4 aromatic rings.